The van der Waals surface area contributed by atoms with Gasteiger partial charge < -0.3 is 15.3 Å². The van der Waals surface area contributed by atoms with Crippen molar-refractivity contribution in [1.29, 1.82) is 0 Å². The molecule has 0 aliphatic rings. The summed E-state index contributed by atoms with van der Waals surface area (Å²) >= 11 is 0. The molecule has 1 aromatic heterocycles. The van der Waals surface area contributed by atoms with Gasteiger partial charge in [-0.25, -0.2) is 9.78 Å². The van der Waals surface area contributed by atoms with E-state index in [0.29, 0.717) is 17.1 Å². The number of aryl methyl sites for hydroxylation is 1. The lowest BCUT2D eigenvalue weighted by Crippen LogP contribution is -1.98. The Kier molecular flexibility index (Phi) is 2.36. The minimum absolute atomic E-state index is 0.153. The van der Waals surface area contributed by atoms with Crippen LogP contribution in [0.4, 0.5) is 5.69 Å². The number of hydrogen-bond donors (Lipinski definition) is 2. The van der Waals surface area contributed by atoms with Gasteiger partial charge in [-0.1, -0.05) is 0 Å². The quantitative estimate of drug-likeness (QED) is 0.751. The predicted molar refractivity (Wildman–Crippen MR) is 58.0 cm³/mol. The number of aromatic nitrogens is 1. The van der Waals surface area contributed by atoms with Crippen LogP contribution in [-0.4, -0.2) is 16.1 Å². The van der Waals surface area contributed by atoms with Crippen LogP contribution in [0, 0.1) is 6.92 Å². The van der Waals surface area contributed by atoms with Crippen LogP contribution in [-0.2, 0) is 0 Å². The Labute approximate surface area is 91.5 Å². The first kappa shape index (κ1) is 10.2. The highest BCUT2D eigenvalue weighted by Crippen LogP contribution is 2.26. The van der Waals surface area contributed by atoms with E-state index in [1.807, 2.05) is 0 Å². The van der Waals surface area contributed by atoms with Crippen LogP contribution < -0.4 is 5.73 Å². The summed E-state index contributed by atoms with van der Waals surface area (Å²) in [6, 6.07) is 4.41. The molecule has 0 bridgehead atoms. The van der Waals surface area contributed by atoms with E-state index in [9.17, 15) is 4.79 Å². The van der Waals surface area contributed by atoms with E-state index >= 15 is 0 Å². The van der Waals surface area contributed by atoms with E-state index in [4.69, 9.17) is 15.3 Å². The number of anilines is 1. The highest BCUT2D eigenvalue weighted by Gasteiger charge is 2.12. The Bertz CT molecular complexity index is 546. The number of rotatable bonds is 2. The SMILES string of the molecule is Cc1coc(-c2cc(C(=O)O)ccc2N)n1. The maximum Gasteiger partial charge on any atom is 0.335 e. The fourth-order valence-corrected chi connectivity index (χ4v) is 1.35. The molecular formula is C11H10N2O3. The number of nitrogens with zero attached hydrogens (tertiary/aromatic N) is 1. The molecule has 0 fully saturated rings. The van der Waals surface area contributed by atoms with Crippen molar-refractivity contribution in [2.75, 3.05) is 5.73 Å². The second-order valence-electron chi connectivity index (χ2n) is 3.40. The van der Waals surface area contributed by atoms with E-state index in [0.717, 1.165) is 5.69 Å². The van der Waals surface area contributed by atoms with Crippen molar-refractivity contribution in [3.05, 3.63) is 35.7 Å². The van der Waals surface area contributed by atoms with Crippen LogP contribution in [0.1, 0.15) is 16.1 Å². The first-order valence-electron chi connectivity index (χ1n) is 4.63. The molecular weight excluding hydrogens is 208 g/mol. The van der Waals surface area contributed by atoms with E-state index in [1.54, 1.807) is 6.92 Å². The number of carboxylic acids is 1. The van der Waals surface area contributed by atoms with Crippen LogP contribution in [0.2, 0.25) is 0 Å². The van der Waals surface area contributed by atoms with Gasteiger partial charge in [0, 0.05) is 5.69 Å². The fraction of sp³-hybridized carbons (Fsp3) is 0.0909. The maximum absolute atomic E-state index is 10.8. The summed E-state index contributed by atoms with van der Waals surface area (Å²) in [6.07, 6.45) is 1.49. The first-order chi connectivity index (χ1) is 7.58. The zero-order valence-electron chi connectivity index (χ0n) is 8.60. The highest BCUT2D eigenvalue weighted by atomic mass is 16.4. The molecule has 1 aromatic carbocycles. The normalized spacial score (nSPS) is 10.3. The number of carboxylic acid groups (broad SMARTS) is 1. The number of aromatic carboxylic acids is 1. The van der Waals surface area contributed by atoms with Crippen molar-refractivity contribution in [1.82, 2.24) is 4.98 Å². The van der Waals surface area contributed by atoms with Crippen LogP contribution in [0.15, 0.2) is 28.9 Å². The Morgan fingerprint density at radius 3 is 2.81 bits per heavy atom. The molecule has 0 aliphatic heterocycles. The van der Waals surface area contributed by atoms with Gasteiger partial charge in [0.1, 0.15) is 6.26 Å². The van der Waals surface area contributed by atoms with Gasteiger partial charge in [0.15, 0.2) is 0 Å². The second-order valence-corrected chi connectivity index (χ2v) is 3.40. The van der Waals surface area contributed by atoms with Gasteiger partial charge in [0.2, 0.25) is 5.89 Å². The molecule has 0 aliphatic carbocycles. The molecule has 82 valence electrons. The van der Waals surface area contributed by atoms with Crippen molar-refractivity contribution >= 4 is 11.7 Å². The predicted octanol–water partition coefficient (Wildman–Crippen LogP) is 1.93. The summed E-state index contributed by atoms with van der Waals surface area (Å²) in [6.45, 7) is 1.78. The lowest BCUT2D eigenvalue weighted by Gasteiger charge is -2.02. The number of carbonyl (C=O) groups is 1. The lowest BCUT2D eigenvalue weighted by atomic mass is 10.1. The topological polar surface area (TPSA) is 89.3 Å². The van der Waals surface area contributed by atoms with Crippen molar-refractivity contribution in [3.8, 4) is 11.5 Å². The van der Waals surface area contributed by atoms with Crippen molar-refractivity contribution in [3.63, 3.8) is 0 Å². The molecule has 0 atom stereocenters. The van der Waals surface area contributed by atoms with Gasteiger partial charge in [-0.3, -0.25) is 0 Å². The molecule has 3 N–H and O–H groups in total. The van der Waals surface area contributed by atoms with Gasteiger partial charge >= 0.3 is 5.97 Å². The zero-order chi connectivity index (χ0) is 11.7. The third-order valence-electron chi connectivity index (χ3n) is 2.15. The first-order valence-corrected chi connectivity index (χ1v) is 4.63. The molecule has 2 aromatic rings. The monoisotopic (exact) mass is 218 g/mol. The third kappa shape index (κ3) is 1.75. The summed E-state index contributed by atoms with van der Waals surface area (Å²) in [5, 5.41) is 8.86. The Morgan fingerprint density at radius 2 is 2.25 bits per heavy atom. The van der Waals surface area contributed by atoms with Gasteiger partial charge in [-0.2, -0.15) is 0 Å². The van der Waals surface area contributed by atoms with E-state index in [-0.39, 0.29) is 5.56 Å². The fourth-order valence-electron chi connectivity index (χ4n) is 1.35. The van der Waals surface area contributed by atoms with Gasteiger partial charge in [0.25, 0.3) is 0 Å². The third-order valence-corrected chi connectivity index (χ3v) is 2.15. The van der Waals surface area contributed by atoms with Crippen LogP contribution >= 0.6 is 0 Å². The van der Waals surface area contributed by atoms with Crippen LogP contribution in [0.5, 0.6) is 0 Å². The number of hydrogen-bond acceptors (Lipinski definition) is 4. The average Bonchev–Trinajstić information content (AvgIpc) is 2.65. The van der Waals surface area contributed by atoms with E-state index < -0.39 is 5.97 Å². The molecule has 5 nitrogen and oxygen atoms in total. The summed E-state index contributed by atoms with van der Waals surface area (Å²) in [5.74, 6) is -0.678. The smallest absolute Gasteiger partial charge is 0.335 e. The Balaban J connectivity index is 2.55. The number of nitrogens with two attached hydrogens (primary N) is 1. The Hall–Kier alpha value is -2.30. The molecule has 0 saturated carbocycles. The Morgan fingerprint density at radius 1 is 1.50 bits per heavy atom. The van der Waals surface area contributed by atoms with Gasteiger partial charge in [-0.15, -0.1) is 0 Å². The van der Waals surface area contributed by atoms with E-state index in [1.165, 1.54) is 24.5 Å². The summed E-state index contributed by atoms with van der Waals surface area (Å²) in [5.41, 5.74) is 7.54. The number of benzene rings is 1. The van der Waals surface area contributed by atoms with Gasteiger partial charge in [0.05, 0.1) is 16.8 Å². The summed E-state index contributed by atoms with van der Waals surface area (Å²) in [4.78, 5) is 14.9. The maximum atomic E-state index is 10.8. The second kappa shape index (κ2) is 3.69. The molecule has 0 saturated heterocycles. The zero-order valence-corrected chi connectivity index (χ0v) is 8.60. The standard InChI is InChI=1S/C11H10N2O3/c1-6-5-16-10(13-6)8-4-7(11(14)15)2-3-9(8)12/h2-5H,12H2,1H3,(H,14,15). The molecule has 1 heterocycles. The molecule has 0 amide bonds. The van der Waals surface area contributed by atoms with Crippen LogP contribution in [0.3, 0.4) is 0 Å². The summed E-state index contributed by atoms with van der Waals surface area (Å²) < 4.78 is 5.18. The molecule has 16 heavy (non-hydrogen) atoms. The molecule has 0 spiro atoms. The lowest BCUT2D eigenvalue weighted by molar-refractivity contribution is 0.0697. The van der Waals surface area contributed by atoms with Crippen molar-refractivity contribution in [2.24, 2.45) is 0 Å². The largest absolute Gasteiger partial charge is 0.478 e. The van der Waals surface area contributed by atoms with Crippen molar-refractivity contribution < 1.29 is 14.3 Å². The van der Waals surface area contributed by atoms with Crippen LogP contribution in [0.25, 0.3) is 11.5 Å². The molecule has 5 heteroatoms. The number of nitrogen functional groups attached to an aromatic ring is 1. The average molecular weight is 218 g/mol. The molecule has 0 unspecified atom stereocenters. The van der Waals surface area contributed by atoms with Gasteiger partial charge in [-0.05, 0) is 25.1 Å². The minimum atomic E-state index is -1.01. The van der Waals surface area contributed by atoms with Crippen molar-refractivity contribution in [2.45, 2.75) is 6.92 Å². The molecule has 0 radical (unpaired) electrons. The highest BCUT2D eigenvalue weighted by molar-refractivity contribution is 5.90. The minimum Gasteiger partial charge on any atom is -0.478 e. The molecule has 2 rings (SSSR count). The van der Waals surface area contributed by atoms with E-state index in [2.05, 4.69) is 4.98 Å². The number of oxazole rings is 1. The summed E-state index contributed by atoms with van der Waals surface area (Å²) in [7, 11) is 0.